The van der Waals surface area contributed by atoms with E-state index < -0.39 is 5.97 Å². The maximum Gasteiger partial charge on any atom is 0.352 e. The monoisotopic (exact) mass is 304 g/mol. The first kappa shape index (κ1) is 15.8. The van der Waals surface area contributed by atoms with Crippen LogP contribution in [0.2, 0.25) is 0 Å². The van der Waals surface area contributed by atoms with E-state index in [1.807, 2.05) is 13.8 Å². The molecule has 2 rings (SSSR count). The summed E-state index contributed by atoms with van der Waals surface area (Å²) in [7, 11) is 0. The number of aryl methyl sites for hydroxylation is 2. The Bertz CT molecular complexity index is 714. The molecule has 2 aromatic heterocycles. The Labute approximate surface area is 128 Å². The van der Waals surface area contributed by atoms with Crippen molar-refractivity contribution in [3.8, 4) is 0 Å². The van der Waals surface area contributed by atoms with E-state index in [1.165, 1.54) is 0 Å². The SMILES string of the molecule is CC[C@H](NC(=O)c1c(C)[nH]c(C(=O)O)c1C)c1ncc(C)[nH]1. The number of nitrogens with one attached hydrogen (secondary N) is 3. The van der Waals surface area contributed by atoms with Crippen LogP contribution >= 0.6 is 0 Å². The Hall–Kier alpha value is -2.57. The summed E-state index contributed by atoms with van der Waals surface area (Å²) in [6.45, 7) is 7.15. The summed E-state index contributed by atoms with van der Waals surface area (Å²) in [5, 5.41) is 12.0. The molecule has 22 heavy (non-hydrogen) atoms. The second kappa shape index (κ2) is 6.05. The molecule has 0 aliphatic carbocycles. The number of aromatic carboxylic acids is 1. The molecular formula is C15H20N4O3. The molecule has 0 aliphatic heterocycles. The molecule has 0 aliphatic rings. The maximum absolute atomic E-state index is 12.5. The lowest BCUT2D eigenvalue weighted by molar-refractivity contribution is 0.0690. The molecule has 0 unspecified atom stereocenters. The van der Waals surface area contributed by atoms with Crippen molar-refractivity contribution < 1.29 is 14.7 Å². The number of H-pyrrole nitrogens is 2. The van der Waals surface area contributed by atoms with Crippen molar-refractivity contribution in [1.82, 2.24) is 20.3 Å². The average Bonchev–Trinajstić information content (AvgIpc) is 3.00. The number of hydrogen-bond donors (Lipinski definition) is 4. The van der Waals surface area contributed by atoms with Gasteiger partial charge in [-0.3, -0.25) is 4.79 Å². The topological polar surface area (TPSA) is 111 Å². The highest BCUT2D eigenvalue weighted by Crippen LogP contribution is 2.20. The summed E-state index contributed by atoms with van der Waals surface area (Å²) in [4.78, 5) is 33.7. The van der Waals surface area contributed by atoms with E-state index in [9.17, 15) is 9.59 Å². The molecular weight excluding hydrogens is 284 g/mol. The number of aromatic amines is 2. The van der Waals surface area contributed by atoms with Crippen LogP contribution in [0.5, 0.6) is 0 Å². The molecule has 7 heteroatoms. The zero-order valence-corrected chi connectivity index (χ0v) is 13.1. The number of carbonyl (C=O) groups excluding carboxylic acids is 1. The predicted octanol–water partition coefficient (Wildman–Crippen LogP) is 2.24. The van der Waals surface area contributed by atoms with Crippen molar-refractivity contribution in [3.05, 3.63) is 40.2 Å². The van der Waals surface area contributed by atoms with Gasteiger partial charge in [-0.2, -0.15) is 0 Å². The number of rotatable bonds is 5. The Kier molecular flexibility index (Phi) is 4.35. The smallest absolute Gasteiger partial charge is 0.352 e. The van der Waals surface area contributed by atoms with Crippen LogP contribution in [0.3, 0.4) is 0 Å². The van der Waals surface area contributed by atoms with E-state index in [1.54, 1.807) is 20.0 Å². The first-order valence-corrected chi connectivity index (χ1v) is 7.10. The van der Waals surface area contributed by atoms with Crippen molar-refractivity contribution in [2.24, 2.45) is 0 Å². The van der Waals surface area contributed by atoms with Gasteiger partial charge in [0.15, 0.2) is 0 Å². The molecule has 0 saturated carbocycles. The van der Waals surface area contributed by atoms with Gasteiger partial charge in [-0.15, -0.1) is 0 Å². The number of amides is 1. The van der Waals surface area contributed by atoms with Gasteiger partial charge in [-0.25, -0.2) is 9.78 Å². The third kappa shape index (κ3) is 2.88. The minimum atomic E-state index is -1.08. The molecule has 0 fully saturated rings. The summed E-state index contributed by atoms with van der Waals surface area (Å²) in [5.41, 5.74) is 2.32. The highest BCUT2D eigenvalue weighted by molar-refractivity contribution is 6.00. The van der Waals surface area contributed by atoms with E-state index in [4.69, 9.17) is 5.11 Å². The minimum absolute atomic E-state index is 0.0459. The first-order chi connectivity index (χ1) is 10.3. The van der Waals surface area contributed by atoms with Crippen molar-refractivity contribution in [2.45, 2.75) is 40.2 Å². The number of hydrogen-bond acceptors (Lipinski definition) is 3. The van der Waals surface area contributed by atoms with E-state index in [-0.39, 0.29) is 17.6 Å². The van der Waals surface area contributed by atoms with Gasteiger partial charge in [0.1, 0.15) is 11.5 Å². The van der Waals surface area contributed by atoms with Crippen LogP contribution in [-0.4, -0.2) is 31.9 Å². The van der Waals surface area contributed by atoms with E-state index in [2.05, 4.69) is 20.3 Å². The Balaban J connectivity index is 2.27. The van der Waals surface area contributed by atoms with Gasteiger partial charge in [-0.1, -0.05) is 6.92 Å². The molecule has 0 saturated heterocycles. The summed E-state index contributed by atoms with van der Waals surface area (Å²) in [6, 6.07) is -0.247. The molecule has 0 aromatic carbocycles. The molecule has 118 valence electrons. The second-order valence-corrected chi connectivity index (χ2v) is 5.32. The number of imidazole rings is 1. The summed E-state index contributed by atoms with van der Waals surface area (Å²) < 4.78 is 0. The molecule has 0 radical (unpaired) electrons. The summed E-state index contributed by atoms with van der Waals surface area (Å²) >= 11 is 0. The van der Waals surface area contributed by atoms with Crippen LogP contribution in [0.4, 0.5) is 0 Å². The standard InChI is InChI=1S/C15H20N4O3/c1-5-10(13-16-6-7(2)17-13)19-14(20)11-8(3)12(15(21)22)18-9(11)4/h6,10,18H,5H2,1-4H3,(H,16,17)(H,19,20)(H,21,22)/t10-/m0/s1. The predicted molar refractivity (Wildman–Crippen MR) is 81.0 cm³/mol. The van der Waals surface area contributed by atoms with Gasteiger partial charge in [0.25, 0.3) is 5.91 Å². The van der Waals surface area contributed by atoms with Crippen molar-refractivity contribution in [3.63, 3.8) is 0 Å². The zero-order chi connectivity index (χ0) is 16.4. The van der Waals surface area contributed by atoms with Gasteiger partial charge < -0.3 is 20.4 Å². The molecule has 7 nitrogen and oxygen atoms in total. The zero-order valence-electron chi connectivity index (χ0n) is 13.1. The Morgan fingerprint density at radius 3 is 2.45 bits per heavy atom. The van der Waals surface area contributed by atoms with Crippen molar-refractivity contribution in [1.29, 1.82) is 0 Å². The van der Waals surface area contributed by atoms with E-state index >= 15 is 0 Å². The van der Waals surface area contributed by atoms with Gasteiger partial charge >= 0.3 is 5.97 Å². The number of carboxylic acid groups (broad SMARTS) is 1. The van der Waals surface area contributed by atoms with Gasteiger partial charge in [-0.05, 0) is 32.8 Å². The summed E-state index contributed by atoms with van der Waals surface area (Å²) in [6.07, 6.45) is 2.38. The third-order valence-electron chi connectivity index (χ3n) is 3.64. The minimum Gasteiger partial charge on any atom is -0.477 e. The van der Waals surface area contributed by atoms with Gasteiger partial charge in [0.05, 0.1) is 11.6 Å². The molecule has 0 bridgehead atoms. The Morgan fingerprint density at radius 2 is 2.00 bits per heavy atom. The van der Waals surface area contributed by atoms with E-state index in [0.717, 1.165) is 5.69 Å². The second-order valence-electron chi connectivity index (χ2n) is 5.32. The lowest BCUT2D eigenvalue weighted by atomic mass is 10.1. The number of carbonyl (C=O) groups is 2. The van der Waals surface area contributed by atoms with E-state index in [0.29, 0.717) is 29.1 Å². The normalized spacial score (nSPS) is 12.2. The quantitative estimate of drug-likeness (QED) is 0.678. The maximum atomic E-state index is 12.5. The molecule has 2 heterocycles. The fourth-order valence-corrected chi connectivity index (χ4v) is 2.51. The molecule has 1 amide bonds. The third-order valence-corrected chi connectivity index (χ3v) is 3.64. The van der Waals surface area contributed by atoms with Crippen LogP contribution < -0.4 is 5.32 Å². The number of nitrogens with zero attached hydrogens (tertiary/aromatic N) is 1. The molecule has 2 aromatic rings. The van der Waals surface area contributed by atoms with Crippen LogP contribution in [0.25, 0.3) is 0 Å². The van der Waals surface area contributed by atoms with Crippen molar-refractivity contribution >= 4 is 11.9 Å². The fraction of sp³-hybridized carbons (Fsp3) is 0.400. The number of carboxylic acids is 1. The van der Waals surface area contributed by atoms with Crippen molar-refractivity contribution in [2.75, 3.05) is 0 Å². The fourth-order valence-electron chi connectivity index (χ4n) is 2.51. The molecule has 1 atom stereocenters. The lowest BCUT2D eigenvalue weighted by Gasteiger charge is -2.15. The Morgan fingerprint density at radius 1 is 1.32 bits per heavy atom. The largest absolute Gasteiger partial charge is 0.477 e. The van der Waals surface area contributed by atoms with Crippen LogP contribution in [0.1, 0.15) is 63.0 Å². The summed E-state index contributed by atoms with van der Waals surface area (Å²) in [5.74, 6) is -0.689. The molecule has 4 N–H and O–H groups in total. The first-order valence-electron chi connectivity index (χ1n) is 7.10. The van der Waals surface area contributed by atoms with Gasteiger partial charge in [0.2, 0.25) is 0 Å². The van der Waals surface area contributed by atoms with Crippen LogP contribution in [-0.2, 0) is 0 Å². The lowest BCUT2D eigenvalue weighted by Crippen LogP contribution is -2.29. The highest BCUT2D eigenvalue weighted by atomic mass is 16.4. The van der Waals surface area contributed by atoms with Crippen LogP contribution in [0.15, 0.2) is 6.20 Å². The molecule has 0 spiro atoms. The van der Waals surface area contributed by atoms with Crippen LogP contribution in [0, 0.1) is 20.8 Å². The highest BCUT2D eigenvalue weighted by Gasteiger charge is 2.24. The number of aromatic nitrogens is 3. The van der Waals surface area contributed by atoms with Gasteiger partial charge in [0, 0.05) is 17.6 Å². The average molecular weight is 304 g/mol.